The largest absolute Gasteiger partial charge is 0.427 e. The summed E-state index contributed by atoms with van der Waals surface area (Å²) in [5.74, 6) is -0.0542. The van der Waals surface area contributed by atoms with Gasteiger partial charge >= 0.3 is 11.9 Å². The maximum absolute atomic E-state index is 11.1. The number of carbonyl (C=O) groups excluding carboxylic acids is 2. The number of nitrogens with one attached hydrogen (secondary N) is 1. The first-order chi connectivity index (χ1) is 9.65. The molecule has 0 aliphatic carbocycles. The number of carbonyl (C=O) groups is 2. The van der Waals surface area contributed by atoms with Gasteiger partial charge in [-0.2, -0.15) is 0 Å². The van der Waals surface area contributed by atoms with Gasteiger partial charge in [0.05, 0.1) is 0 Å². The van der Waals surface area contributed by atoms with Crippen LogP contribution in [0.1, 0.15) is 40.2 Å². The van der Waals surface area contributed by atoms with Crippen molar-refractivity contribution in [2.45, 2.75) is 46.6 Å². The molecule has 116 valence electrons. The molecule has 0 aliphatic rings. The lowest BCUT2D eigenvalue weighted by molar-refractivity contribution is -0.132. The van der Waals surface area contributed by atoms with Crippen molar-refractivity contribution in [3.05, 3.63) is 23.8 Å². The van der Waals surface area contributed by atoms with Crippen molar-refractivity contribution in [2.75, 3.05) is 6.54 Å². The molecular formula is C16H23NO4. The molecule has 0 radical (unpaired) electrons. The summed E-state index contributed by atoms with van der Waals surface area (Å²) < 4.78 is 10.1. The van der Waals surface area contributed by atoms with Crippen LogP contribution >= 0.6 is 0 Å². The lowest BCUT2D eigenvalue weighted by Crippen LogP contribution is -2.37. The van der Waals surface area contributed by atoms with Gasteiger partial charge < -0.3 is 14.8 Å². The summed E-state index contributed by atoms with van der Waals surface area (Å²) in [5.41, 5.74) is 0.966. The summed E-state index contributed by atoms with van der Waals surface area (Å²) in [4.78, 5) is 22.1. The van der Waals surface area contributed by atoms with Crippen molar-refractivity contribution in [1.29, 1.82) is 0 Å². The second kappa shape index (κ2) is 7.22. The molecule has 0 heterocycles. The maximum atomic E-state index is 11.1. The first kappa shape index (κ1) is 17.2. The summed E-state index contributed by atoms with van der Waals surface area (Å²) in [6, 6.07) is 5.08. The van der Waals surface area contributed by atoms with E-state index in [2.05, 4.69) is 26.1 Å². The Morgan fingerprint density at radius 2 is 1.48 bits per heavy atom. The van der Waals surface area contributed by atoms with E-state index in [0.717, 1.165) is 18.5 Å². The summed E-state index contributed by atoms with van der Waals surface area (Å²) in [6.07, 6.45) is 0.737. The fraction of sp³-hybridized carbons (Fsp3) is 0.500. The van der Waals surface area contributed by atoms with Gasteiger partial charge in [-0.1, -0.05) is 0 Å². The van der Waals surface area contributed by atoms with E-state index >= 15 is 0 Å². The van der Waals surface area contributed by atoms with Gasteiger partial charge in [0, 0.05) is 25.5 Å². The molecule has 1 aromatic rings. The monoisotopic (exact) mass is 293 g/mol. The van der Waals surface area contributed by atoms with Gasteiger partial charge in [-0.25, -0.2) is 0 Å². The minimum Gasteiger partial charge on any atom is -0.427 e. The van der Waals surface area contributed by atoms with Crippen molar-refractivity contribution in [3.8, 4) is 11.5 Å². The smallest absolute Gasteiger partial charge is 0.308 e. The van der Waals surface area contributed by atoms with Gasteiger partial charge in [-0.15, -0.1) is 0 Å². The van der Waals surface area contributed by atoms with Crippen molar-refractivity contribution in [1.82, 2.24) is 5.32 Å². The molecule has 0 fully saturated rings. The molecule has 0 atom stereocenters. The molecule has 5 heteroatoms. The zero-order valence-corrected chi connectivity index (χ0v) is 13.3. The Labute approximate surface area is 125 Å². The Hall–Kier alpha value is -1.88. The molecular weight excluding hydrogens is 270 g/mol. The number of benzene rings is 1. The zero-order valence-electron chi connectivity index (χ0n) is 13.3. The Balaban J connectivity index is 2.85. The molecule has 0 aromatic heterocycles. The molecule has 1 N–H and O–H groups in total. The number of ether oxygens (including phenoxy) is 2. The first-order valence-electron chi connectivity index (χ1n) is 6.91. The van der Waals surface area contributed by atoms with Crippen LogP contribution in [0.15, 0.2) is 18.2 Å². The van der Waals surface area contributed by atoms with E-state index in [4.69, 9.17) is 9.47 Å². The third kappa shape index (κ3) is 7.46. The highest BCUT2D eigenvalue weighted by Crippen LogP contribution is 2.24. The molecule has 21 heavy (non-hydrogen) atoms. The molecule has 0 saturated carbocycles. The van der Waals surface area contributed by atoms with E-state index in [-0.39, 0.29) is 5.54 Å². The van der Waals surface area contributed by atoms with Crippen molar-refractivity contribution >= 4 is 11.9 Å². The number of hydrogen-bond donors (Lipinski definition) is 1. The van der Waals surface area contributed by atoms with E-state index in [1.54, 1.807) is 12.1 Å². The Bertz CT molecular complexity index is 483. The Kier molecular flexibility index (Phi) is 5.90. The average Bonchev–Trinajstić information content (AvgIpc) is 2.24. The fourth-order valence-corrected chi connectivity index (χ4v) is 1.81. The lowest BCUT2D eigenvalue weighted by Gasteiger charge is -2.20. The van der Waals surface area contributed by atoms with Crippen LogP contribution in [-0.4, -0.2) is 24.0 Å². The quantitative estimate of drug-likeness (QED) is 0.667. The topological polar surface area (TPSA) is 64.6 Å². The maximum Gasteiger partial charge on any atom is 0.308 e. The third-order valence-corrected chi connectivity index (χ3v) is 2.53. The highest BCUT2D eigenvalue weighted by Gasteiger charge is 2.10. The van der Waals surface area contributed by atoms with E-state index in [0.29, 0.717) is 11.5 Å². The van der Waals surface area contributed by atoms with Crippen molar-refractivity contribution in [2.24, 2.45) is 0 Å². The van der Waals surface area contributed by atoms with Gasteiger partial charge in [0.25, 0.3) is 0 Å². The number of rotatable bonds is 5. The summed E-state index contributed by atoms with van der Waals surface area (Å²) >= 11 is 0. The number of hydrogen-bond acceptors (Lipinski definition) is 5. The third-order valence-electron chi connectivity index (χ3n) is 2.53. The van der Waals surface area contributed by atoms with Crippen LogP contribution in [0.4, 0.5) is 0 Å². The minimum absolute atomic E-state index is 0.0339. The fourth-order valence-electron chi connectivity index (χ4n) is 1.81. The molecule has 0 unspecified atom stereocenters. The molecule has 0 saturated heterocycles. The normalized spacial score (nSPS) is 11.1. The van der Waals surface area contributed by atoms with Gasteiger partial charge in [0.15, 0.2) is 0 Å². The molecule has 1 aromatic carbocycles. The SMILES string of the molecule is CC(=O)Oc1cc(CCNC(C)(C)C)cc(OC(C)=O)c1. The summed E-state index contributed by atoms with van der Waals surface area (Å²) in [6.45, 7) is 9.71. The minimum atomic E-state index is -0.409. The second-order valence-corrected chi connectivity index (χ2v) is 5.93. The molecule has 5 nitrogen and oxygen atoms in total. The highest BCUT2D eigenvalue weighted by molar-refractivity contribution is 5.71. The van der Waals surface area contributed by atoms with Crippen LogP contribution in [0.25, 0.3) is 0 Å². The lowest BCUT2D eigenvalue weighted by atomic mass is 10.1. The van der Waals surface area contributed by atoms with Crippen LogP contribution in [0, 0.1) is 0 Å². The molecule has 0 amide bonds. The van der Waals surface area contributed by atoms with E-state index < -0.39 is 11.9 Å². The zero-order chi connectivity index (χ0) is 16.0. The van der Waals surface area contributed by atoms with Gasteiger partial charge in [-0.3, -0.25) is 9.59 Å². The second-order valence-electron chi connectivity index (χ2n) is 5.93. The molecule has 0 aliphatic heterocycles. The van der Waals surface area contributed by atoms with Gasteiger partial charge in [0.1, 0.15) is 11.5 Å². The van der Waals surface area contributed by atoms with Crippen LogP contribution < -0.4 is 14.8 Å². The Morgan fingerprint density at radius 1 is 1.00 bits per heavy atom. The van der Waals surface area contributed by atoms with E-state index in [9.17, 15) is 9.59 Å². The summed E-state index contributed by atoms with van der Waals surface area (Å²) in [7, 11) is 0. The molecule has 0 bridgehead atoms. The van der Waals surface area contributed by atoms with Crippen molar-refractivity contribution < 1.29 is 19.1 Å². The molecule has 0 spiro atoms. The summed E-state index contributed by atoms with van der Waals surface area (Å²) in [5, 5.41) is 3.38. The highest BCUT2D eigenvalue weighted by atomic mass is 16.5. The first-order valence-corrected chi connectivity index (χ1v) is 6.91. The van der Waals surface area contributed by atoms with Crippen LogP contribution in [0.5, 0.6) is 11.5 Å². The predicted molar refractivity (Wildman–Crippen MR) is 80.5 cm³/mol. The van der Waals surface area contributed by atoms with Gasteiger partial charge in [0.2, 0.25) is 0 Å². The van der Waals surface area contributed by atoms with Gasteiger partial charge in [-0.05, 0) is 51.4 Å². The van der Waals surface area contributed by atoms with Crippen molar-refractivity contribution in [3.63, 3.8) is 0 Å². The molecule has 1 rings (SSSR count). The van der Waals surface area contributed by atoms with Crippen LogP contribution in [-0.2, 0) is 16.0 Å². The predicted octanol–water partition coefficient (Wildman–Crippen LogP) is 2.47. The average molecular weight is 293 g/mol. The van der Waals surface area contributed by atoms with E-state index in [1.165, 1.54) is 19.9 Å². The van der Waals surface area contributed by atoms with Crippen LogP contribution in [0.3, 0.4) is 0 Å². The van der Waals surface area contributed by atoms with Crippen LogP contribution in [0.2, 0.25) is 0 Å². The number of esters is 2. The van der Waals surface area contributed by atoms with E-state index in [1.807, 2.05) is 0 Å². The standard InChI is InChI=1S/C16H23NO4/c1-11(18)20-14-8-13(6-7-17-16(3,4)5)9-15(10-14)21-12(2)19/h8-10,17H,6-7H2,1-5H3. The Morgan fingerprint density at radius 3 is 1.86 bits per heavy atom.